The second-order valence-electron chi connectivity index (χ2n) is 8.36. The van der Waals surface area contributed by atoms with E-state index in [4.69, 9.17) is 14.2 Å². The van der Waals surface area contributed by atoms with Crippen LogP contribution in [-0.4, -0.2) is 106 Å². The van der Waals surface area contributed by atoms with Crippen molar-refractivity contribution < 1.29 is 23.8 Å². The van der Waals surface area contributed by atoms with Crippen molar-refractivity contribution in [2.45, 2.75) is 13.3 Å². The van der Waals surface area contributed by atoms with Gasteiger partial charge in [0.1, 0.15) is 6.54 Å². The molecule has 1 aromatic carbocycles. The van der Waals surface area contributed by atoms with Gasteiger partial charge in [0.25, 0.3) is 0 Å². The third kappa shape index (κ3) is 6.97. The van der Waals surface area contributed by atoms with Gasteiger partial charge in [0.2, 0.25) is 5.91 Å². The molecule has 1 aromatic heterocycles. The van der Waals surface area contributed by atoms with Crippen molar-refractivity contribution in [3.63, 3.8) is 0 Å². The van der Waals surface area contributed by atoms with E-state index in [1.165, 1.54) is 4.90 Å². The van der Waals surface area contributed by atoms with E-state index in [0.29, 0.717) is 57.4 Å². The molecule has 0 aliphatic carbocycles. The van der Waals surface area contributed by atoms with Crippen molar-refractivity contribution in [2.75, 3.05) is 78.6 Å². The number of ether oxygens (including phenoxy) is 3. The van der Waals surface area contributed by atoms with Crippen LogP contribution >= 0.6 is 0 Å². The Morgan fingerprint density at radius 1 is 1.00 bits per heavy atom. The molecule has 11 heteroatoms. The molecule has 2 heterocycles. The topological polar surface area (TPSA) is 109 Å². The zero-order chi connectivity index (χ0) is 25.9. The van der Waals surface area contributed by atoms with E-state index in [0.717, 1.165) is 23.5 Å². The van der Waals surface area contributed by atoms with Gasteiger partial charge in [-0.15, -0.1) is 10.2 Å². The predicted molar refractivity (Wildman–Crippen MR) is 137 cm³/mol. The van der Waals surface area contributed by atoms with Crippen molar-refractivity contribution in [2.24, 2.45) is 0 Å². The standard InChI is InChI=1S/C25H36N6O5/c1-5-10-26-25(33)31(15-16-34-2)18-24(32)30-13-11-29(12-14-30)23-9-7-20(27-28-23)19-6-8-21(35-3)22(17-19)36-4/h6-9,17H,5,10-16,18H2,1-4H3,(H,26,33). The first kappa shape index (κ1) is 27.0. The number of nitrogens with one attached hydrogen (secondary N) is 1. The average Bonchev–Trinajstić information content (AvgIpc) is 2.93. The highest BCUT2D eigenvalue weighted by atomic mass is 16.5. The lowest BCUT2D eigenvalue weighted by molar-refractivity contribution is -0.132. The highest BCUT2D eigenvalue weighted by Crippen LogP contribution is 2.31. The minimum Gasteiger partial charge on any atom is -0.493 e. The van der Waals surface area contributed by atoms with E-state index in [1.54, 1.807) is 26.2 Å². The molecule has 0 unspecified atom stereocenters. The fraction of sp³-hybridized carbons (Fsp3) is 0.520. The summed E-state index contributed by atoms with van der Waals surface area (Å²) < 4.78 is 15.8. The van der Waals surface area contributed by atoms with Crippen LogP contribution in [0.4, 0.5) is 10.6 Å². The second-order valence-corrected chi connectivity index (χ2v) is 8.36. The first-order chi connectivity index (χ1) is 17.5. The molecule has 1 saturated heterocycles. The number of amides is 3. The van der Waals surface area contributed by atoms with E-state index in [2.05, 4.69) is 20.4 Å². The number of benzene rings is 1. The number of rotatable bonds is 11. The maximum Gasteiger partial charge on any atom is 0.317 e. The Labute approximate surface area is 212 Å². The summed E-state index contributed by atoms with van der Waals surface area (Å²) in [7, 11) is 4.77. The van der Waals surface area contributed by atoms with E-state index >= 15 is 0 Å². The first-order valence-corrected chi connectivity index (χ1v) is 12.1. The summed E-state index contributed by atoms with van der Waals surface area (Å²) >= 11 is 0. The summed E-state index contributed by atoms with van der Waals surface area (Å²) in [6.45, 7) is 5.68. The van der Waals surface area contributed by atoms with Crippen LogP contribution in [-0.2, 0) is 9.53 Å². The molecule has 0 spiro atoms. The van der Waals surface area contributed by atoms with Crippen LogP contribution in [0.25, 0.3) is 11.3 Å². The molecule has 196 valence electrons. The van der Waals surface area contributed by atoms with Crippen LogP contribution < -0.4 is 19.7 Å². The number of urea groups is 1. The SMILES string of the molecule is CCCNC(=O)N(CCOC)CC(=O)N1CCN(c2ccc(-c3ccc(OC)c(OC)c3)nn2)CC1. The molecular formula is C25H36N6O5. The Morgan fingerprint density at radius 3 is 2.36 bits per heavy atom. The highest BCUT2D eigenvalue weighted by molar-refractivity contribution is 5.84. The number of hydrogen-bond acceptors (Lipinski definition) is 8. The molecule has 3 amide bonds. The normalized spacial score (nSPS) is 13.3. The Bertz CT molecular complexity index is 995. The van der Waals surface area contributed by atoms with Crippen molar-refractivity contribution in [1.82, 2.24) is 25.3 Å². The van der Waals surface area contributed by atoms with Crippen LogP contribution in [0.2, 0.25) is 0 Å². The Kier molecular flexibility index (Phi) is 10.1. The molecule has 0 bridgehead atoms. The number of methoxy groups -OCH3 is 3. The van der Waals surface area contributed by atoms with Crippen molar-refractivity contribution in [1.29, 1.82) is 0 Å². The third-order valence-electron chi connectivity index (χ3n) is 5.99. The van der Waals surface area contributed by atoms with Gasteiger partial charge in [-0.3, -0.25) is 4.79 Å². The maximum absolute atomic E-state index is 12.9. The van der Waals surface area contributed by atoms with Gasteiger partial charge in [-0.05, 0) is 36.8 Å². The number of hydrogen-bond donors (Lipinski definition) is 1. The van der Waals surface area contributed by atoms with E-state index in [9.17, 15) is 9.59 Å². The third-order valence-corrected chi connectivity index (χ3v) is 5.99. The zero-order valence-corrected chi connectivity index (χ0v) is 21.5. The molecule has 1 fully saturated rings. The summed E-state index contributed by atoms with van der Waals surface area (Å²) in [4.78, 5) is 30.7. The molecule has 3 rings (SSSR count). The predicted octanol–water partition coefficient (Wildman–Crippen LogP) is 1.88. The van der Waals surface area contributed by atoms with Gasteiger partial charge in [-0.1, -0.05) is 6.92 Å². The van der Waals surface area contributed by atoms with Crippen molar-refractivity contribution >= 4 is 17.8 Å². The Hall–Kier alpha value is -3.60. The second kappa shape index (κ2) is 13.5. The van der Waals surface area contributed by atoms with Gasteiger partial charge in [0, 0.05) is 51.9 Å². The Balaban J connectivity index is 1.56. The van der Waals surface area contributed by atoms with E-state index in [-0.39, 0.29) is 18.5 Å². The molecule has 2 aromatic rings. The van der Waals surface area contributed by atoms with Gasteiger partial charge in [0.15, 0.2) is 17.3 Å². The number of nitrogens with zero attached hydrogens (tertiary/aromatic N) is 5. The first-order valence-electron chi connectivity index (χ1n) is 12.1. The van der Waals surface area contributed by atoms with Gasteiger partial charge in [-0.2, -0.15) is 0 Å². The van der Waals surface area contributed by atoms with Crippen LogP contribution in [0.15, 0.2) is 30.3 Å². The molecule has 1 N–H and O–H groups in total. The van der Waals surface area contributed by atoms with Crippen LogP contribution in [0, 0.1) is 0 Å². The van der Waals surface area contributed by atoms with E-state index < -0.39 is 0 Å². The molecule has 0 atom stereocenters. The maximum atomic E-state index is 12.9. The largest absolute Gasteiger partial charge is 0.493 e. The summed E-state index contributed by atoms with van der Waals surface area (Å²) in [5, 5.41) is 11.6. The highest BCUT2D eigenvalue weighted by Gasteiger charge is 2.25. The van der Waals surface area contributed by atoms with Crippen LogP contribution in [0.5, 0.6) is 11.5 Å². The van der Waals surface area contributed by atoms with Crippen LogP contribution in [0.1, 0.15) is 13.3 Å². The molecule has 1 aliphatic rings. The fourth-order valence-corrected chi connectivity index (χ4v) is 3.89. The monoisotopic (exact) mass is 500 g/mol. The zero-order valence-electron chi connectivity index (χ0n) is 21.5. The fourth-order valence-electron chi connectivity index (χ4n) is 3.89. The summed E-state index contributed by atoms with van der Waals surface area (Å²) in [5.41, 5.74) is 1.61. The Morgan fingerprint density at radius 2 is 1.75 bits per heavy atom. The summed E-state index contributed by atoms with van der Waals surface area (Å²) in [5.74, 6) is 1.96. The van der Waals surface area contributed by atoms with Crippen molar-refractivity contribution in [3.05, 3.63) is 30.3 Å². The summed E-state index contributed by atoms with van der Waals surface area (Å²) in [6, 6.07) is 9.22. The minimum atomic E-state index is -0.245. The van der Waals surface area contributed by atoms with E-state index in [1.807, 2.05) is 37.3 Å². The molecule has 36 heavy (non-hydrogen) atoms. The lowest BCUT2D eigenvalue weighted by Crippen LogP contribution is -2.53. The van der Waals surface area contributed by atoms with Gasteiger partial charge in [-0.25, -0.2) is 4.79 Å². The van der Waals surface area contributed by atoms with Gasteiger partial charge >= 0.3 is 6.03 Å². The molecule has 0 radical (unpaired) electrons. The minimum absolute atomic E-state index is 0.0265. The quantitative estimate of drug-likeness (QED) is 0.498. The average molecular weight is 501 g/mol. The number of aromatic nitrogens is 2. The smallest absolute Gasteiger partial charge is 0.317 e. The number of carbonyl (C=O) groups is 2. The molecule has 0 saturated carbocycles. The number of carbonyl (C=O) groups excluding carboxylic acids is 2. The molecular weight excluding hydrogens is 464 g/mol. The lowest BCUT2D eigenvalue weighted by Gasteiger charge is -2.36. The molecule has 11 nitrogen and oxygen atoms in total. The van der Waals surface area contributed by atoms with Crippen LogP contribution in [0.3, 0.4) is 0 Å². The molecule has 1 aliphatic heterocycles. The lowest BCUT2D eigenvalue weighted by atomic mass is 10.1. The number of anilines is 1. The number of piperazine rings is 1. The summed E-state index contributed by atoms with van der Waals surface area (Å²) in [6.07, 6.45) is 0.831. The van der Waals surface area contributed by atoms with Gasteiger partial charge in [0.05, 0.1) is 26.5 Å². The van der Waals surface area contributed by atoms with Crippen molar-refractivity contribution in [3.8, 4) is 22.8 Å². The van der Waals surface area contributed by atoms with Gasteiger partial charge < -0.3 is 34.2 Å².